The first kappa shape index (κ1) is 19.8. The number of rotatable bonds is 4. The van der Waals surface area contributed by atoms with Crippen molar-refractivity contribution in [3.8, 4) is 0 Å². The van der Waals surface area contributed by atoms with Crippen LogP contribution in [0.2, 0.25) is 5.02 Å². The molecule has 7 heteroatoms. The van der Waals surface area contributed by atoms with Gasteiger partial charge in [-0.25, -0.2) is 4.79 Å². The number of urea groups is 1. The third-order valence-corrected chi connectivity index (χ3v) is 5.09. The maximum absolute atomic E-state index is 13.0. The van der Waals surface area contributed by atoms with Crippen LogP contribution in [-0.4, -0.2) is 26.0 Å². The van der Waals surface area contributed by atoms with E-state index in [0.29, 0.717) is 22.0 Å². The van der Waals surface area contributed by atoms with E-state index < -0.39 is 6.04 Å². The third-order valence-electron chi connectivity index (χ3n) is 4.69. The highest BCUT2D eigenvalue weighted by atomic mass is 35.5. The Morgan fingerprint density at radius 2 is 1.79 bits per heavy atom. The Morgan fingerprint density at radius 1 is 1.11 bits per heavy atom. The zero-order valence-corrected chi connectivity index (χ0v) is 17.0. The van der Waals surface area contributed by atoms with Gasteiger partial charge in [-0.1, -0.05) is 29.8 Å². The second-order valence-corrected chi connectivity index (χ2v) is 7.38. The van der Waals surface area contributed by atoms with Crippen LogP contribution in [0.3, 0.4) is 0 Å². The fraction of sp³-hybridized carbons (Fsp3) is 0.238. The maximum atomic E-state index is 13.0. The SMILES string of the molecule is CC1=C(C(=O)Nc2ccc(C)c(Cl)c2)[C@H](c2ccc(N(C)C)cc2)NC(=O)N1. The molecule has 0 aromatic heterocycles. The van der Waals surface area contributed by atoms with Crippen LogP contribution in [0.5, 0.6) is 0 Å². The van der Waals surface area contributed by atoms with Crippen LogP contribution in [0.1, 0.15) is 24.1 Å². The summed E-state index contributed by atoms with van der Waals surface area (Å²) >= 11 is 6.16. The van der Waals surface area contributed by atoms with Crippen molar-refractivity contribution in [3.05, 3.63) is 69.9 Å². The quantitative estimate of drug-likeness (QED) is 0.729. The van der Waals surface area contributed by atoms with Crippen LogP contribution in [-0.2, 0) is 4.79 Å². The Labute approximate surface area is 169 Å². The Balaban J connectivity index is 1.92. The lowest BCUT2D eigenvalue weighted by Gasteiger charge is -2.29. The molecule has 3 N–H and O–H groups in total. The molecule has 0 spiro atoms. The largest absolute Gasteiger partial charge is 0.378 e. The number of carbonyl (C=O) groups is 2. The molecule has 0 saturated heterocycles. The first-order chi connectivity index (χ1) is 13.3. The molecule has 2 aromatic rings. The third kappa shape index (κ3) is 4.12. The topological polar surface area (TPSA) is 73.5 Å². The van der Waals surface area contributed by atoms with Gasteiger partial charge in [0.25, 0.3) is 5.91 Å². The lowest BCUT2D eigenvalue weighted by Crippen LogP contribution is -2.45. The lowest BCUT2D eigenvalue weighted by atomic mass is 9.94. The minimum Gasteiger partial charge on any atom is -0.378 e. The van der Waals surface area contributed by atoms with Crippen molar-refractivity contribution >= 4 is 34.9 Å². The number of benzene rings is 2. The van der Waals surface area contributed by atoms with E-state index in [9.17, 15) is 9.59 Å². The zero-order chi connectivity index (χ0) is 20.4. The fourth-order valence-electron chi connectivity index (χ4n) is 3.08. The van der Waals surface area contributed by atoms with Crippen LogP contribution < -0.4 is 20.9 Å². The second-order valence-electron chi connectivity index (χ2n) is 6.97. The van der Waals surface area contributed by atoms with Crippen LogP contribution in [0, 0.1) is 6.92 Å². The van der Waals surface area contributed by atoms with E-state index >= 15 is 0 Å². The van der Waals surface area contributed by atoms with Crippen LogP contribution in [0.25, 0.3) is 0 Å². The molecule has 1 aliphatic heterocycles. The summed E-state index contributed by atoms with van der Waals surface area (Å²) in [7, 11) is 3.91. The predicted molar refractivity (Wildman–Crippen MR) is 113 cm³/mol. The van der Waals surface area contributed by atoms with E-state index in [-0.39, 0.29) is 11.9 Å². The zero-order valence-electron chi connectivity index (χ0n) is 16.3. The molecule has 0 fully saturated rings. The second kappa shape index (κ2) is 7.94. The van der Waals surface area contributed by atoms with Gasteiger partial charge in [-0.05, 0) is 49.2 Å². The van der Waals surface area contributed by atoms with Crippen molar-refractivity contribution in [3.63, 3.8) is 0 Å². The van der Waals surface area contributed by atoms with Gasteiger partial charge in [0, 0.05) is 36.2 Å². The Morgan fingerprint density at radius 3 is 2.39 bits per heavy atom. The van der Waals surface area contributed by atoms with Crippen molar-refractivity contribution in [2.45, 2.75) is 19.9 Å². The van der Waals surface area contributed by atoms with Gasteiger partial charge in [-0.2, -0.15) is 0 Å². The van der Waals surface area contributed by atoms with E-state index in [0.717, 1.165) is 16.8 Å². The molecular weight excluding hydrogens is 376 g/mol. The van der Waals surface area contributed by atoms with Crippen LogP contribution >= 0.6 is 11.6 Å². The summed E-state index contributed by atoms with van der Waals surface area (Å²) in [5, 5.41) is 8.97. The number of anilines is 2. The minimum atomic E-state index is -0.550. The highest BCUT2D eigenvalue weighted by Gasteiger charge is 2.31. The summed E-state index contributed by atoms with van der Waals surface area (Å²) in [6, 6.07) is 12.2. The highest BCUT2D eigenvalue weighted by molar-refractivity contribution is 6.31. The van der Waals surface area contributed by atoms with Gasteiger partial charge in [0.1, 0.15) is 0 Å². The molecule has 28 heavy (non-hydrogen) atoms. The maximum Gasteiger partial charge on any atom is 0.319 e. The average Bonchev–Trinajstić information content (AvgIpc) is 2.64. The Kier molecular flexibility index (Phi) is 5.61. The molecule has 6 nitrogen and oxygen atoms in total. The van der Waals surface area contributed by atoms with Crippen molar-refractivity contribution in [1.82, 2.24) is 10.6 Å². The van der Waals surface area contributed by atoms with Gasteiger partial charge in [-0.15, -0.1) is 0 Å². The van der Waals surface area contributed by atoms with Gasteiger partial charge in [0.15, 0.2) is 0 Å². The molecule has 1 heterocycles. The molecule has 3 amide bonds. The minimum absolute atomic E-state index is 0.299. The molecule has 0 unspecified atom stereocenters. The first-order valence-corrected chi connectivity index (χ1v) is 9.27. The molecule has 0 bridgehead atoms. The van der Waals surface area contributed by atoms with E-state index in [1.807, 2.05) is 56.3 Å². The number of hydrogen-bond donors (Lipinski definition) is 3. The molecule has 1 atom stereocenters. The Bertz CT molecular complexity index is 951. The summed E-state index contributed by atoms with van der Waals surface area (Å²) in [5.41, 5.74) is 4.35. The number of nitrogens with zero attached hydrogens (tertiary/aromatic N) is 1. The number of amides is 3. The molecule has 146 valence electrons. The van der Waals surface area contributed by atoms with Crippen molar-refractivity contribution in [2.75, 3.05) is 24.3 Å². The van der Waals surface area contributed by atoms with E-state index in [1.165, 1.54) is 0 Å². The standard InChI is InChI=1S/C21H23ClN4O2/c1-12-5-8-15(11-17(12)22)24-20(27)18-13(2)23-21(28)25-19(18)14-6-9-16(10-7-14)26(3)4/h5-11,19H,1-4H3,(H,24,27)(H2,23,25,28)/t19-/m0/s1. The van der Waals surface area contributed by atoms with Gasteiger partial charge < -0.3 is 20.9 Å². The molecule has 2 aromatic carbocycles. The number of halogens is 1. The number of nitrogens with one attached hydrogen (secondary N) is 3. The molecule has 0 radical (unpaired) electrons. The summed E-state index contributed by atoms with van der Waals surface area (Å²) in [6.07, 6.45) is 0. The fourth-order valence-corrected chi connectivity index (χ4v) is 3.26. The molecule has 3 rings (SSSR count). The van der Waals surface area contributed by atoms with Gasteiger partial charge in [-0.3, -0.25) is 4.79 Å². The van der Waals surface area contributed by atoms with Crippen molar-refractivity contribution in [2.24, 2.45) is 0 Å². The molecular formula is C21H23ClN4O2. The summed E-state index contributed by atoms with van der Waals surface area (Å²) < 4.78 is 0. The van der Waals surface area contributed by atoms with E-state index in [1.54, 1.807) is 19.1 Å². The molecule has 1 aliphatic rings. The smallest absolute Gasteiger partial charge is 0.319 e. The van der Waals surface area contributed by atoms with Crippen LogP contribution in [0.4, 0.5) is 16.2 Å². The number of carbonyl (C=O) groups excluding carboxylic acids is 2. The predicted octanol–water partition coefficient (Wildman–Crippen LogP) is 3.98. The van der Waals surface area contributed by atoms with Gasteiger partial charge in [0.05, 0.1) is 11.6 Å². The Hall–Kier alpha value is -2.99. The highest BCUT2D eigenvalue weighted by Crippen LogP contribution is 2.29. The summed E-state index contributed by atoms with van der Waals surface area (Å²) in [5.74, 6) is -0.299. The monoisotopic (exact) mass is 398 g/mol. The van der Waals surface area contributed by atoms with Crippen LogP contribution in [0.15, 0.2) is 53.7 Å². The van der Waals surface area contributed by atoms with E-state index in [2.05, 4.69) is 16.0 Å². The number of hydrogen-bond acceptors (Lipinski definition) is 3. The molecule has 0 aliphatic carbocycles. The van der Waals surface area contributed by atoms with Gasteiger partial charge in [0.2, 0.25) is 0 Å². The first-order valence-electron chi connectivity index (χ1n) is 8.89. The normalized spacial score (nSPS) is 16.3. The van der Waals surface area contributed by atoms with Crippen molar-refractivity contribution < 1.29 is 9.59 Å². The summed E-state index contributed by atoms with van der Waals surface area (Å²) in [6.45, 7) is 3.62. The van der Waals surface area contributed by atoms with Crippen molar-refractivity contribution in [1.29, 1.82) is 0 Å². The average molecular weight is 399 g/mol. The van der Waals surface area contributed by atoms with Gasteiger partial charge >= 0.3 is 6.03 Å². The summed E-state index contributed by atoms with van der Waals surface area (Å²) in [4.78, 5) is 27.0. The number of aryl methyl sites for hydroxylation is 1. The van der Waals surface area contributed by atoms with E-state index in [4.69, 9.17) is 11.6 Å². The lowest BCUT2D eigenvalue weighted by molar-refractivity contribution is -0.113. The molecule has 0 saturated carbocycles. The number of allylic oxidation sites excluding steroid dienone is 1.